The highest BCUT2D eigenvalue weighted by molar-refractivity contribution is 5.99. The first kappa shape index (κ1) is 16.8. The minimum atomic E-state index is -0.146. The summed E-state index contributed by atoms with van der Waals surface area (Å²) in [6.45, 7) is 1.30. The van der Waals surface area contributed by atoms with Crippen LogP contribution >= 0.6 is 0 Å². The number of carbonyl (C=O) groups is 1. The summed E-state index contributed by atoms with van der Waals surface area (Å²) in [6.07, 6.45) is 0.840. The summed E-state index contributed by atoms with van der Waals surface area (Å²) in [7, 11) is 0. The third kappa shape index (κ3) is 2.78. The summed E-state index contributed by atoms with van der Waals surface area (Å²) in [5, 5.41) is 1.87. The molecule has 0 aliphatic carbocycles. The van der Waals surface area contributed by atoms with Crippen LogP contribution in [0, 0.1) is 0 Å². The van der Waals surface area contributed by atoms with Gasteiger partial charge in [0, 0.05) is 41.1 Å². The first-order valence-electron chi connectivity index (χ1n) is 9.38. The van der Waals surface area contributed by atoms with Crippen molar-refractivity contribution in [2.75, 3.05) is 13.1 Å². The number of aromatic amines is 2. The molecule has 4 aromatic rings. The first-order valence-corrected chi connectivity index (χ1v) is 9.38. The maximum absolute atomic E-state index is 12.7. The Morgan fingerprint density at radius 2 is 1.82 bits per heavy atom. The van der Waals surface area contributed by atoms with Gasteiger partial charge in [-0.3, -0.25) is 9.59 Å². The smallest absolute Gasteiger partial charge is 0.257 e. The van der Waals surface area contributed by atoms with E-state index in [9.17, 15) is 9.59 Å². The van der Waals surface area contributed by atoms with E-state index in [2.05, 4.69) is 9.97 Å². The maximum atomic E-state index is 12.7. The number of benzene rings is 2. The van der Waals surface area contributed by atoms with Gasteiger partial charge in [0.1, 0.15) is 0 Å². The van der Waals surface area contributed by atoms with Crippen LogP contribution in [-0.2, 0) is 0 Å². The van der Waals surface area contributed by atoms with Crippen LogP contribution in [0.4, 0.5) is 0 Å². The van der Waals surface area contributed by atoms with Gasteiger partial charge in [-0.1, -0.05) is 18.2 Å². The van der Waals surface area contributed by atoms with Gasteiger partial charge in [0.25, 0.3) is 11.5 Å². The predicted molar refractivity (Wildman–Crippen MR) is 110 cm³/mol. The molecule has 140 valence electrons. The number of para-hydroxylation sites is 1. The number of hydrogen-bond acceptors (Lipinski definition) is 3. The molecule has 2 aromatic carbocycles. The van der Waals surface area contributed by atoms with Crippen LogP contribution in [0.1, 0.15) is 16.8 Å². The number of amides is 1. The van der Waals surface area contributed by atoms with Crippen LogP contribution in [0.2, 0.25) is 0 Å². The highest BCUT2D eigenvalue weighted by Crippen LogP contribution is 2.25. The van der Waals surface area contributed by atoms with Crippen molar-refractivity contribution in [2.24, 2.45) is 5.73 Å². The Morgan fingerprint density at radius 1 is 1.00 bits per heavy atom. The lowest BCUT2D eigenvalue weighted by Crippen LogP contribution is -2.31. The Morgan fingerprint density at radius 3 is 2.64 bits per heavy atom. The van der Waals surface area contributed by atoms with Gasteiger partial charge in [0.15, 0.2) is 0 Å². The van der Waals surface area contributed by atoms with E-state index in [1.807, 2.05) is 54.6 Å². The van der Waals surface area contributed by atoms with Crippen molar-refractivity contribution < 1.29 is 4.79 Å². The minimum absolute atomic E-state index is 0.00107. The lowest BCUT2D eigenvalue weighted by Gasteiger charge is -2.15. The Hall–Kier alpha value is -3.38. The molecule has 1 atom stereocenters. The van der Waals surface area contributed by atoms with Crippen molar-refractivity contribution in [3.8, 4) is 11.3 Å². The molecule has 1 fully saturated rings. The average Bonchev–Trinajstić information content (AvgIpc) is 3.32. The van der Waals surface area contributed by atoms with E-state index < -0.39 is 0 Å². The van der Waals surface area contributed by atoms with E-state index in [0.717, 1.165) is 33.9 Å². The molecule has 0 unspecified atom stereocenters. The molecule has 6 heteroatoms. The molecular formula is C22H20N4O2. The number of nitrogens with one attached hydrogen (secondary N) is 2. The van der Waals surface area contributed by atoms with Crippen LogP contribution in [0.3, 0.4) is 0 Å². The number of nitrogens with zero attached hydrogens (tertiary/aromatic N) is 1. The molecule has 0 radical (unpaired) electrons. The van der Waals surface area contributed by atoms with Gasteiger partial charge < -0.3 is 20.6 Å². The number of nitrogens with two attached hydrogens (primary N) is 1. The summed E-state index contributed by atoms with van der Waals surface area (Å²) in [5.74, 6) is 0.00107. The third-order valence-corrected chi connectivity index (χ3v) is 5.42. The molecule has 0 saturated carbocycles. The number of aromatic nitrogens is 2. The Labute approximate surface area is 161 Å². The van der Waals surface area contributed by atoms with Gasteiger partial charge in [-0.15, -0.1) is 0 Å². The van der Waals surface area contributed by atoms with Gasteiger partial charge in [-0.2, -0.15) is 0 Å². The molecule has 28 heavy (non-hydrogen) atoms. The number of likely N-dealkylation sites (tertiary alicyclic amines) is 1. The van der Waals surface area contributed by atoms with E-state index in [1.165, 1.54) is 0 Å². The van der Waals surface area contributed by atoms with Gasteiger partial charge in [0.05, 0.1) is 11.3 Å². The molecule has 1 amide bonds. The van der Waals surface area contributed by atoms with Crippen molar-refractivity contribution in [1.82, 2.24) is 14.9 Å². The van der Waals surface area contributed by atoms with E-state index in [-0.39, 0.29) is 17.5 Å². The van der Waals surface area contributed by atoms with E-state index in [4.69, 9.17) is 5.73 Å². The van der Waals surface area contributed by atoms with Crippen molar-refractivity contribution in [2.45, 2.75) is 12.5 Å². The summed E-state index contributed by atoms with van der Waals surface area (Å²) in [4.78, 5) is 33.3. The standard InChI is InChI=1S/C22H20N4O2/c23-16-7-8-26(12-16)22(28)14-5-6-19-15(9-14)11-20(24-19)17-10-13-3-1-2-4-18(13)25-21(17)27/h1-6,9-11,16,24H,7-8,12,23H2,(H,25,27)/t16-/m1/s1. The number of carbonyl (C=O) groups excluding carboxylic acids is 1. The van der Waals surface area contributed by atoms with Crippen molar-refractivity contribution in [3.05, 3.63) is 70.5 Å². The van der Waals surface area contributed by atoms with Gasteiger partial charge in [0.2, 0.25) is 0 Å². The van der Waals surface area contributed by atoms with E-state index in [0.29, 0.717) is 24.2 Å². The largest absolute Gasteiger partial charge is 0.354 e. The number of H-pyrrole nitrogens is 2. The van der Waals surface area contributed by atoms with Gasteiger partial charge >= 0.3 is 0 Å². The maximum Gasteiger partial charge on any atom is 0.257 e. The highest BCUT2D eigenvalue weighted by atomic mass is 16.2. The minimum Gasteiger partial charge on any atom is -0.354 e. The first-order chi connectivity index (χ1) is 13.6. The Bertz CT molecular complexity index is 1270. The van der Waals surface area contributed by atoms with E-state index in [1.54, 1.807) is 4.90 Å². The summed E-state index contributed by atoms with van der Waals surface area (Å²) in [5.41, 5.74) is 9.42. The van der Waals surface area contributed by atoms with Gasteiger partial charge in [-0.05, 0) is 48.2 Å². The monoisotopic (exact) mass is 372 g/mol. The average molecular weight is 372 g/mol. The lowest BCUT2D eigenvalue weighted by molar-refractivity contribution is 0.0791. The second kappa shape index (κ2) is 6.35. The van der Waals surface area contributed by atoms with Crippen molar-refractivity contribution in [1.29, 1.82) is 0 Å². The Balaban J connectivity index is 1.55. The molecule has 1 saturated heterocycles. The number of pyridine rings is 1. The second-order valence-electron chi connectivity index (χ2n) is 7.38. The molecular weight excluding hydrogens is 352 g/mol. The molecule has 1 aliphatic rings. The quantitative estimate of drug-likeness (QED) is 0.505. The van der Waals surface area contributed by atoms with Crippen LogP contribution < -0.4 is 11.3 Å². The van der Waals surface area contributed by atoms with Crippen LogP contribution in [0.5, 0.6) is 0 Å². The second-order valence-corrected chi connectivity index (χ2v) is 7.38. The van der Waals surface area contributed by atoms with Crippen LogP contribution in [0.15, 0.2) is 59.4 Å². The lowest BCUT2D eigenvalue weighted by atomic mass is 10.1. The summed E-state index contributed by atoms with van der Waals surface area (Å²) < 4.78 is 0. The zero-order chi connectivity index (χ0) is 19.3. The number of fused-ring (bicyclic) bond motifs is 2. The van der Waals surface area contributed by atoms with Crippen LogP contribution in [-0.4, -0.2) is 39.9 Å². The molecule has 2 aromatic heterocycles. The van der Waals surface area contributed by atoms with E-state index >= 15 is 0 Å². The highest BCUT2D eigenvalue weighted by Gasteiger charge is 2.24. The van der Waals surface area contributed by atoms with Crippen LogP contribution in [0.25, 0.3) is 33.1 Å². The zero-order valence-electron chi connectivity index (χ0n) is 15.2. The fraction of sp³-hybridized carbons (Fsp3) is 0.182. The molecule has 3 heterocycles. The molecule has 0 bridgehead atoms. The topological polar surface area (TPSA) is 95.0 Å². The normalized spacial score (nSPS) is 16.9. The molecule has 1 aliphatic heterocycles. The molecule has 4 N–H and O–H groups in total. The Kier molecular flexibility index (Phi) is 3.80. The SMILES string of the molecule is N[C@@H]1CCN(C(=O)c2ccc3[nH]c(-c4cc5ccccc5[nH]c4=O)cc3c2)C1. The van der Waals surface area contributed by atoms with Crippen molar-refractivity contribution >= 4 is 27.7 Å². The molecule has 6 nitrogen and oxygen atoms in total. The predicted octanol–water partition coefficient (Wildman–Crippen LogP) is 2.85. The third-order valence-electron chi connectivity index (χ3n) is 5.42. The summed E-state index contributed by atoms with van der Waals surface area (Å²) >= 11 is 0. The zero-order valence-corrected chi connectivity index (χ0v) is 15.2. The van der Waals surface area contributed by atoms with Crippen molar-refractivity contribution in [3.63, 3.8) is 0 Å². The summed E-state index contributed by atoms with van der Waals surface area (Å²) in [6, 6.07) is 17.1. The molecule has 5 rings (SSSR count). The fourth-order valence-corrected chi connectivity index (χ4v) is 3.91. The number of hydrogen-bond donors (Lipinski definition) is 3. The van der Waals surface area contributed by atoms with Gasteiger partial charge in [-0.25, -0.2) is 0 Å². The molecule has 0 spiro atoms. The number of rotatable bonds is 2. The fourth-order valence-electron chi connectivity index (χ4n) is 3.91.